The van der Waals surface area contributed by atoms with Crippen LogP contribution in [0, 0.1) is 12.7 Å². The van der Waals surface area contributed by atoms with E-state index in [2.05, 4.69) is 15.1 Å². The highest BCUT2D eigenvalue weighted by Crippen LogP contribution is 2.33. The molecule has 0 bridgehead atoms. The number of carbonyl (C=O) groups excluding carboxylic acids is 1. The van der Waals surface area contributed by atoms with Gasteiger partial charge in [0.1, 0.15) is 5.82 Å². The molecule has 2 aromatic carbocycles. The van der Waals surface area contributed by atoms with Gasteiger partial charge in [-0.3, -0.25) is 9.69 Å². The monoisotopic (exact) mass is 500 g/mol. The van der Waals surface area contributed by atoms with E-state index in [0.717, 1.165) is 11.1 Å². The van der Waals surface area contributed by atoms with Crippen molar-refractivity contribution < 1.29 is 13.9 Å². The molecule has 2 aliphatic heterocycles. The number of piperazine rings is 1. The summed E-state index contributed by atoms with van der Waals surface area (Å²) in [4.78, 5) is 17.6. The van der Waals surface area contributed by atoms with Crippen LogP contribution in [0.4, 0.5) is 4.39 Å². The number of aromatic nitrogens is 2. The predicted octanol–water partition coefficient (Wildman–Crippen LogP) is 4.80. The SMILES string of the molecule is Cc1ccnnc1-c1cccc(C(=O)N2CCN3C[C@@H](c4ccc(F)c(Cl)c4)OC[C@@H]3C2)c1Cl. The summed E-state index contributed by atoms with van der Waals surface area (Å²) in [6.45, 7) is 4.90. The number of hydrogen-bond donors (Lipinski definition) is 0. The van der Waals surface area contributed by atoms with Crippen molar-refractivity contribution in [1.82, 2.24) is 20.0 Å². The predicted molar refractivity (Wildman–Crippen MR) is 129 cm³/mol. The van der Waals surface area contributed by atoms with Crippen LogP contribution in [-0.4, -0.2) is 64.7 Å². The third-order valence-corrected chi connectivity index (χ3v) is 7.20. The lowest BCUT2D eigenvalue weighted by Crippen LogP contribution is -2.59. The van der Waals surface area contributed by atoms with E-state index in [1.54, 1.807) is 24.4 Å². The molecule has 1 aromatic heterocycles. The van der Waals surface area contributed by atoms with E-state index < -0.39 is 5.82 Å². The zero-order chi connectivity index (χ0) is 23.8. The highest BCUT2D eigenvalue weighted by Gasteiger charge is 2.36. The number of carbonyl (C=O) groups is 1. The Hall–Kier alpha value is -2.58. The lowest BCUT2D eigenvalue weighted by molar-refractivity contribution is -0.0858. The lowest BCUT2D eigenvalue weighted by atomic mass is 10.0. The number of rotatable bonds is 3. The number of nitrogens with zero attached hydrogens (tertiary/aromatic N) is 4. The van der Waals surface area contributed by atoms with Gasteiger partial charge >= 0.3 is 0 Å². The molecular formula is C25H23Cl2FN4O2. The first-order valence-corrected chi connectivity index (χ1v) is 11.8. The highest BCUT2D eigenvalue weighted by atomic mass is 35.5. The van der Waals surface area contributed by atoms with Gasteiger partial charge in [0.15, 0.2) is 0 Å². The van der Waals surface area contributed by atoms with Crippen LogP contribution in [0.15, 0.2) is 48.7 Å². The molecule has 0 spiro atoms. The minimum Gasteiger partial charge on any atom is -0.370 e. The van der Waals surface area contributed by atoms with Gasteiger partial charge in [-0.2, -0.15) is 10.2 Å². The molecule has 0 radical (unpaired) electrons. The third-order valence-electron chi connectivity index (χ3n) is 6.50. The number of morpholine rings is 1. The second-order valence-electron chi connectivity index (χ2n) is 8.63. The van der Waals surface area contributed by atoms with Crippen molar-refractivity contribution in [3.8, 4) is 11.3 Å². The van der Waals surface area contributed by atoms with E-state index in [1.807, 2.05) is 30.0 Å². The van der Waals surface area contributed by atoms with Gasteiger partial charge in [-0.15, -0.1) is 0 Å². The van der Waals surface area contributed by atoms with Gasteiger partial charge < -0.3 is 9.64 Å². The maximum absolute atomic E-state index is 13.5. The molecule has 2 fully saturated rings. The van der Waals surface area contributed by atoms with Crippen LogP contribution in [0.3, 0.4) is 0 Å². The van der Waals surface area contributed by atoms with Gasteiger partial charge in [-0.25, -0.2) is 4.39 Å². The van der Waals surface area contributed by atoms with Crippen LogP contribution in [0.5, 0.6) is 0 Å². The topological polar surface area (TPSA) is 58.6 Å². The lowest BCUT2D eigenvalue weighted by Gasteiger charge is -2.46. The highest BCUT2D eigenvalue weighted by molar-refractivity contribution is 6.36. The second kappa shape index (κ2) is 9.58. The minimum absolute atomic E-state index is 0.0778. The van der Waals surface area contributed by atoms with Crippen molar-refractivity contribution in [2.75, 3.05) is 32.8 Å². The Morgan fingerprint density at radius 2 is 2.00 bits per heavy atom. The van der Waals surface area contributed by atoms with Crippen molar-refractivity contribution in [3.05, 3.63) is 81.2 Å². The Labute approximate surface area is 207 Å². The average molecular weight is 501 g/mol. The number of amides is 1. The van der Waals surface area contributed by atoms with Crippen molar-refractivity contribution in [3.63, 3.8) is 0 Å². The Kier molecular flexibility index (Phi) is 6.53. The molecule has 1 amide bonds. The summed E-state index contributed by atoms with van der Waals surface area (Å²) in [5.41, 5.74) is 3.60. The second-order valence-corrected chi connectivity index (χ2v) is 9.41. The molecular weight excluding hydrogens is 478 g/mol. The largest absolute Gasteiger partial charge is 0.370 e. The standard InChI is InChI=1S/C25H23Cl2FN4O2/c1-15-7-8-29-30-24(15)18-3-2-4-19(23(18)27)25(33)32-10-9-31-13-22(34-14-17(31)12-32)16-5-6-21(28)20(26)11-16/h2-8,11,17,22H,9-10,12-14H2,1H3/t17-,22-/m0/s1. The first-order valence-electron chi connectivity index (χ1n) is 11.1. The number of ether oxygens (including phenoxy) is 1. The number of benzene rings is 2. The molecule has 176 valence electrons. The van der Waals surface area contributed by atoms with E-state index in [1.165, 1.54) is 6.07 Å². The molecule has 0 saturated carbocycles. The van der Waals surface area contributed by atoms with E-state index >= 15 is 0 Å². The van der Waals surface area contributed by atoms with Crippen molar-refractivity contribution >= 4 is 29.1 Å². The molecule has 2 saturated heterocycles. The molecule has 0 N–H and O–H groups in total. The van der Waals surface area contributed by atoms with Crippen molar-refractivity contribution in [2.45, 2.75) is 19.1 Å². The normalized spacial score (nSPS) is 20.8. The van der Waals surface area contributed by atoms with Crippen LogP contribution >= 0.6 is 23.2 Å². The zero-order valence-corrected chi connectivity index (χ0v) is 20.1. The van der Waals surface area contributed by atoms with Gasteiger partial charge in [-0.05, 0) is 42.3 Å². The fourth-order valence-corrected chi connectivity index (χ4v) is 5.08. The maximum atomic E-state index is 13.5. The molecule has 3 heterocycles. The molecule has 0 aliphatic carbocycles. The Morgan fingerprint density at radius 1 is 1.15 bits per heavy atom. The number of aryl methyl sites for hydroxylation is 1. The van der Waals surface area contributed by atoms with Crippen LogP contribution in [0.1, 0.15) is 27.6 Å². The molecule has 5 rings (SSSR count). The molecule has 34 heavy (non-hydrogen) atoms. The van der Waals surface area contributed by atoms with Crippen LogP contribution in [0.25, 0.3) is 11.3 Å². The van der Waals surface area contributed by atoms with Crippen LogP contribution in [-0.2, 0) is 4.74 Å². The summed E-state index contributed by atoms with van der Waals surface area (Å²) in [6.07, 6.45) is 1.45. The Morgan fingerprint density at radius 3 is 2.79 bits per heavy atom. The summed E-state index contributed by atoms with van der Waals surface area (Å²) >= 11 is 12.6. The number of halogens is 3. The Balaban J connectivity index is 1.30. The van der Waals surface area contributed by atoms with Crippen molar-refractivity contribution in [2.24, 2.45) is 0 Å². The number of hydrogen-bond acceptors (Lipinski definition) is 5. The van der Waals surface area contributed by atoms with Crippen LogP contribution < -0.4 is 0 Å². The van der Waals surface area contributed by atoms with E-state index in [4.69, 9.17) is 27.9 Å². The fourth-order valence-electron chi connectivity index (χ4n) is 4.59. The maximum Gasteiger partial charge on any atom is 0.255 e. The van der Waals surface area contributed by atoms with Gasteiger partial charge in [-0.1, -0.05) is 41.4 Å². The van der Waals surface area contributed by atoms with Gasteiger partial charge in [0.2, 0.25) is 0 Å². The quantitative estimate of drug-likeness (QED) is 0.517. The summed E-state index contributed by atoms with van der Waals surface area (Å²) in [7, 11) is 0. The molecule has 3 aromatic rings. The van der Waals surface area contributed by atoms with Gasteiger partial charge in [0.25, 0.3) is 5.91 Å². The first-order chi connectivity index (χ1) is 16.4. The minimum atomic E-state index is -0.441. The summed E-state index contributed by atoms with van der Waals surface area (Å²) in [5, 5.41) is 8.64. The van der Waals surface area contributed by atoms with Crippen LogP contribution in [0.2, 0.25) is 10.0 Å². The van der Waals surface area contributed by atoms with Gasteiger partial charge in [0.05, 0.1) is 40.1 Å². The third kappa shape index (κ3) is 4.41. The summed E-state index contributed by atoms with van der Waals surface area (Å²) in [5.74, 6) is -0.552. The molecule has 0 unspecified atom stereocenters. The zero-order valence-electron chi connectivity index (χ0n) is 18.5. The van der Waals surface area contributed by atoms with E-state index in [0.29, 0.717) is 54.6 Å². The summed E-state index contributed by atoms with van der Waals surface area (Å²) < 4.78 is 19.6. The smallest absolute Gasteiger partial charge is 0.255 e. The van der Waals surface area contributed by atoms with Gasteiger partial charge in [0, 0.05) is 37.9 Å². The average Bonchev–Trinajstić information content (AvgIpc) is 2.85. The molecule has 9 heteroatoms. The first kappa shape index (κ1) is 23.2. The number of fused-ring (bicyclic) bond motifs is 1. The fraction of sp³-hybridized carbons (Fsp3) is 0.320. The molecule has 2 aliphatic rings. The molecule has 2 atom stereocenters. The van der Waals surface area contributed by atoms with E-state index in [9.17, 15) is 9.18 Å². The van der Waals surface area contributed by atoms with Crippen molar-refractivity contribution in [1.29, 1.82) is 0 Å². The summed E-state index contributed by atoms with van der Waals surface area (Å²) in [6, 6.07) is 12.1. The van der Waals surface area contributed by atoms with E-state index in [-0.39, 0.29) is 23.1 Å². The molecule has 6 nitrogen and oxygen atoms in total. The Bertz CT molecular complexity index is 1240.